The largest absolute Gasteiger partial charge is 0.468 e. The topological polar surface area (TPSA) is 67.4 Å². The molecule has 0 aromatic rings. The Hall–Kier alpha value is -1.10. The summed E-state index contributed by atoms with van der Waals surface area (Å²) in [4.78, 5) is 23.3. The number of methoxy groups -OCH3 is 1. The van der Waals surface area contributed by atoms with Crippen LogP contribution < -0.4 is 10.6 Å². The van der Waals surface area contributed by atoms with Gasteiger partial charge in [0.05, 0.1) is 13.2 Å². The number of carbonyl (C=O) groups excluding carboxylic acids is 2. The molecule has 0 aliphatic carbocycles. The second kappa shape index (κ2) is 8.91. The van der Waals surface area contributed by atoms with Crippen molar-refractivity contribution >= 4 is 11.9 Å². The molecule has 0 aliphatic heterocycles. The molecule has 0 heterocycles. The Labute approximate surface area is 110 Å². The van der Waals surface area contributed by atoms with Crippen LogP contribution in [0.1, 0.15) is 40.5 Å². The van der Waals surface area contributed by atoms with Crippen LogP contribution in [0, 0.1) is 5.92 Å². The summed E-state index contributed by atoms with van der Waals surface area (Å²) in [5.74, 6) is -0.0548. The molecule has 1 amide bonds. The van der Waals surface area contributed by atoms with Gasteiger partial charge >= 0.3 is 5.97 Å². The van der Waals surface area contributed by atoms with E-state index < -0.39 is 12.1 Å². The van der Waals surface area contributed by atoms with Gasteiger partial charge in [0.1, 0.15) is 6.04 Å². The van der Waals surface area contributed by atoms with Crippen LogP contribution in [-0.2, 0) is 14.3 Å². The molecule has 5 nitrogen and oxygen atoms in total. The summed E-state index contributed by atoms with van der Waals surface area (Å²) >= 11 is 0. The number of hydrogen-bond donors (Lipinski definition) is 2. The van der Waals surface area contributed by atoms with Crippen molar-refractivity contribution in [3.63, 3.8) is 0 Å². The Morgan fingerprint density at radius 1 is 1.22 bits per heavy atom. The summed E-state index contributed by atoms with van der Waals surface area (Å²) < 4.78 is 4.74. The molecule has 2 atom stereocenters. The van der Waals surface area contributed by atoms with Gasteiger partial charge in [-0.15, -0.1) is 0 Å². The highest BCUT2D eigenvalue weighted by atomic mass is 16.5. The van der Waals surface area contributed by atoms with E-state index in [1.165, 1.54) is 7.11 Å². The molecular formula is C13H26N2O3. The van der Waals surface area contributed by atoms with Crippen LogP contribution in [0.5, 0.6) is 0 Å². The molecule has 0 radical (unpaired) electrons. The summed E-state index contributed by atoms with van der Waals surface area (Å²) in [5.41, 5.74) is 0. The summed E-state index contributed by atoms with van der Waals surface area (Å²) in [7, 11) is 1.36. The van der Waals surface area contributed by atoms with Crippen molar-refractivity contribution in [1.82, 2.24) is 10.6 Å². The van der Waals surface area contributed by atoms with Crippen molar-refractivity contribution < 1.29 is 14.3 Å². The second-order valence-corrected chi connectivity index (χ2v) is 4.88. The van der Waals surface area contributed by atoms with Crippen molar-refractivity contribution in [2.24, 2.45) is 5.92 Å². The Morgan fingerprint density at radius 2 is 1.83 bits per heavy atom. The van der Waals surface area contributed by atoms with Crippen LogP contribution in [0.2, 0.25) is 0 Å². The molecular weight excluding hydrogens is 232 g/mol. The summed E-state index contributed by atoms with van der Waals surface area (Å²) in [5, 5.41) is 5.82. The van der Waals surface area contributed by atoms with Gasteiger partial charge in [0.2, 0.25) is 5.91 Å². The first-order valence-corrected chi connectivity index (χ1v) is 6.53. The molecule has 0 bridgehead atoms. The molecule has 0 rings (SSSR count). The maximum Gasteiger partial charge on any atom is 0.322 e. The fourth-order valence-corrected chi connectivity index (χ4v) is 1.62. The average Bonchev–Trinajstić information content (AvgIpc) is 2.33. The minimum atomic E-state index is -0.433. The molecule has 5 heteroatoms. The zero-order valence-electron chi connectivity index (χ0n) is 12.1. The lowest BCUT2D eigenvalue weighted by Gasteiger charge is -2.22. The summed E-state index contributed by atoms with van der Waals surface area (Å²) in [6.45, 7) is 8.45. The zero-order chi connectivity index (χ0) is 14.1. The number of ether oxygens (including phenoxy) is 1. The molecule has 2 N–H and O–H groups in total. The molecule has 0 fully saturated rings. The van der Waals surface area contributed by atoms with E-state index in [1.54, 1.807) is 6.92 Å². The molecule has 0 aliphatic rings. The molecule has 106 valence electrons. The highest BCUT2D eigenvalue weighted by molar-refractivity contribution is 5.83. The molecule has 2 unspecified atom stereocenters. The number of esters is 1. The van der Waals surface area contributed by atoms with Crippen molar-refractivity contribution in [2.75, 3.05) is 13.7 Å². The van der Waals surface area contributed by atoms with Crippen LogP contribution >= 0.6 is 0 Å². The van der Waals surface area contributed by atoms with Crippen molar-refractivity contribution in [3.05, 3.63) is 0 Å². The minimum Gasteiger partial charge on any atom is -0.468 e. The predicted molar refractivity (Wildman–Crippen MR) is 71.2 cm³/mol. The maximum atomic E-state index is 11.7. The van der Waals surface area contributed by atoms with Crippen LogP contribution in [0.25, 0.3) is 0 Å². The summed E-state index contributed by atoms with van der Waals surface area (Å²) in [6.07, 6.45) is 1.54. The highest BCUT2D eigenvalue weighted by Crippen LogP contribution is 2.07. The molecule has 0 aromatic heterocycles. The van der Waals surface area contributed by atoms with Gasteiger partial charge in [0, 0.05) is 6.54 Å². The normalized spacial score (nSPS) is 14.1. The molecule has 0 saturated heterocycles. The lowest BCUT2D eigenvalue weighted by atomic mass is 10.0. The van der Waals surface area contributed by atoms with E-state index in [2.05, 4.69) is 10.6 Å². The Bertz CT molecular complexity index is 267. The molecule has 0 spiro atoms. The quantitative estimate of drug-likeness (QED) is 0.639. The van der Waals surface area contributed by atoms with E-state index in [-0.39, 0.29) is 11.9 Å². The number of carbonyl (C=O) groups is 2. The van der Waals surface area contributed by atoms with Crippen molar-refractivity contribution in [2.45, 2.75) is 52.6 Å². The minimum absolute atomic E-state index is 0.0884. The third-order valence-corrected chi connectivity index (χ3v) is 2.59. The number of rotatable bonds is 8. The van der Waals surface area contributed by atoms with Gasteiger partial charge in [-0.3, -0.25) is 14.9 Å². The van der Waals surface area contributed by atoms with E-state index >= 15 is 0 Å². The maximum absolute atomic E-state index is 11.7. The average molecular weight is 258 g/mol. The van der Waals surface area contributed by atoms with E-state index in [1.807, 2.05) is 20.8 Å². The van der Waals surface area contributed by atoms with E-state index in [9.17, 15) is 9.59 Å². The van der Waals surface area contributed by atoms with Gasteiger partial charge in [-0.05, 0) is 25.7 Å². The Morgan fingerprint density at radius 3 is 2.28 bits per heavy atom. The van der Waals surface area contributed by atoms with Gasteiger partial charge in [-0.2, -0.15) is 0 Å². The third kappa shape index (κ3) is 6.59. The molecule has 0 aromatic carbocycles. The highest BCUT2D eigenvalue weighted by Gasteiger charge is 2.24. The predicted octanol–water partition coefficient (Wildman–Crippen LogP) is 1.08. The van der Waals surface area contributed by atoms with Crippen LogP contribution in [0.4, 0.5) is 0 Å². The first kappa shape index (κ1) is 16.9. The van der Waals surface area contributed by atoms with E-state index in [0.717, 1.165) is 6.42 Å². The van der Waals surface area contributed by atoms with Gasteiger partial charge in [-0.25, -0.2) is 0 Å². The van der Waals surface area contributed by atoms with Crippen molar-refractivity contribution in [3.8, 4) is 0 Å². The van der Waals surface area contributed by atoms with Gasteiger partial charge in [-0.1, -0.05) is 20.8 Å². The first-order chi connectivity index (χ1) is 8.42. The second-order valence-electron chi connectivity index (χ2n) is 4.88. The van der Waals surface area contributed by atoms with E-state index in [4.69, 9.17) is 4.74 Å². The fourth-order valence-electron chi connectivity index (χ4n) is 1.62. The molecule has 18 heavy (non-hydrogen) atoms. The van der Waals surface area contributed by atoms with Gasteiger partial charge in [0.15, 0.2) is 0 Å². The van der Waals surface area contributed by atoms with Crippen molar-refractivity contribution in [1.29, 1.82) is 0 Å². The van der Waals surface area contributed by atoms with Crippen LogP contribution in [0.3, 0.4) is 0 Å². The zero-order valence-corrected chi connectivity index (χ0v) is 12.1. The smallest absolute Gasteiger partial charge is 0.322 e. The van der Waals surface area contributed by atoms with E-state index in [0.29, 0.717) is 18.9 Å². The van der Waals surface area contributed by atoms with Gasteiger partial charge < -0.3 is 10.1 Å². The standard InChI is InChI=1S/C13H26N2O3/c1-6-7-14-12(16)10(4)15-11(8-9(2)3)13(17)18-5/h9-11,15H,6-8H2,1-5H3,(H,14,16). The third-order valence-electron chi connectivity index (χ3n) is 2.59. The lowest BCUT2D eigenvalue weighted by molar-refractivity contribution is -0.144. The molecule has 0 saturated carbocycles. The SMILES string of the molecule is CCCNC(=O)C(C)NC(CC(C)C)C(=O)OC. The van der Waals surface area contributed by atoms with Crippen LogP contribution in [0.15, 0.2) is 0 Å². The van der Waals surface area contributed by atoms with Gasteiger partial charge in [0.25, 0.3) is 0 Å². The first-order valence-electron chi connectivity index (χ1n) is 6.53. The number of hydrogen-bond acceptors (Lipinski definition) is 4. The van der Waals surface area contributed by atoms with Crippen LogP contribution in [-0.4, -0.2) is 37.6 Å². The number of amides is 1. The summed E-state index contributed by atoms with van der Waals surface area (Å²) in [6, 6.07) is -0.836. The monoisotopic (exact) mass is 258 g/mol. The fraction of sp³-hybridized carbons (Fsp3) is 0.846. The Balaban J connectivity index is 4.37. The lowest BCUT2D eigenvalue weighted by Crippen LogP contribution is -2.50. The number of nitrogens with one attached hydrogen (secondary N) is 2. The Kier molecular flexibility index (Phi) is 8.37.